The predicted molar refractivity (Wildman–Crippen MR) is 107 cm³/mol. The maximum Gasteiger partial charge on any atom is 0.342 e. The number of ether oxygens (including phenoxy) is 2. The van der Waals surface area contributed by atoms with E-state index in [0.29, 0.717) is 17.2 Å². The number of fused-ring (bicyclic) bond motifs is 1. The fourth-order valence-electron chi connectivity index (χ4n) is 2.86. The molecule has 0 saturated carbocycles. The number of hydrogen-bond donors (Lipinski definition) is 2. The number of rotatable bonds is 6. The molecular formula is C20H15N4O5+. The van der Waals surface area contributed by atoms with Gasteiger partial charge in [0.25, 0.3) is 5.69 Å². The number of nitro groups is 1. The average molecular weight is 391 g/mol. The van der Waals surface area contributed by atoms with E-state index in [1.54, 1.807) is 24.4 Å². The lowest BCUT2D eigenvalue weighted by atomic mass is 10.2. The highest BCUT2D eigenvalue weighted by atomic mass is 16.7. The molecule has 0 aliphatic carbocycles. The average Bonchev–Trinajstić information content (AvgIpc) is 3.20. The molecule has 9 heteroatoms. The van der Waals surface area contributed by atoms with Gasteiger partial charge in [-0.05, 0) is 35.5 Å². The van der Waals surface area contributed by atoms with Gasteiger partial charge in [0.1, 0.15) is 5.69 Å². The van der Waals surface area contributed by atoms with E-state index in [1.807, 2.05) is 30.3 Å². The highest BCUT2D eigenvalue weighted by Gasteiger charge is 2.23. The lowest BCUT2D eigenvalue weighted by Gasteiger charge is -2.07. The zero-order valence-electron chi connectivity index (χ0n) is 15.0. The molecule has 1 aliphatic heterocycles. The third-order valence-electron chi connectivity index (χ3n) is 4.25. The number of nitrogens with zero attached hydrogens (tertiary/aromatic N) is 2. The standard InChI is InChI=1S/C20H14N4O5/c25-23-16-10-18(24(26)27)17(9-15(16)22-14-4-2-1-3-5-14)21-11-13-6-7-19-20(8-13)29-12-28-19/h1-11,22H,12H2/p+1. The molecule has 0 radical (unpaired) electrons. The molecule has 0 amide bonds. The fraction of sp³-hybridized carbons (Fsp3) is 0.0500. The van der Waals surface area contributed by atoms with E-state index in [2.05, 4.69) is 15.5 Å². The number of nitro benzene ring substituents is 1. The molecule has 0 aromatic heterocycles. The highest BCUT2D eigenvalue weighted by molar-refractivity contribution is 5.81. The van der Waals surface area contributed by atoms with Crippen LogP contribution >= 0.6 is 0 Å². The summed E-state index contributed by atoms with van der Waals surface area (Å²) in [6.07, 6.45) is 1.60. The molecule has 2 N–H and O–H groups in total. The minimum Gasteiger partial charge on any atom is -0.454 e. The van der Waals surface area contributed by atoms with E-state index < -0.39 is 4.92 Å². The van der Waals surface area contributed by atoms with Gasteiger partial charge >= 0.3 is 5.69 Å². The maximum atomic E-state index is 11.5. The largest absolute Gasteiger partial charge is 0.454 e. The Kier molecular flexibility index (Phi) is 4.85. The van der Waals surface area contributed by atoms with Gasteiger partial charge in [-0.1, -0.05) is 18.2 Å². The monoisotopic (exact) mass is 391 g/mol. The van der Waals surface area contributed by atoms with E-state index in [0.717, 1.165) is 17.3 Å². The van der Waals surface area contributed by atoms with Crippen LogP contribution in [0.25, 0.3) is 0 Å². The van der Waals surface area contributed by atoms with Crippen LogP contribution in [0.4, 0.5) is 28.4 Å². The topological polar surface area (TPSA) is 117 Å². The second kappa shape index (κ2) is 7.77. The quantitative estimate of drug-likeness (QED) is 0.288. The SMILES string of the molecule is O=Nc1cc([N+](=O)[O-])c([NH+]=Cc2ccc3c(c2)OCO3)cc1Nc1ccccc1. The van der Waals surface area contributed by atoms with E-state index in [4.69, 9.17) is 9.47 Å². The van der Waals surface area contributed by atoms with Crippen LogP contribution < -0.4 is 19.8 Å². The molecular weight excluding hydrogens is 376 g/mol. The summed E-state index contributed by atoms with van der Waals surface area (Å²) in [5, 5.41) is 17.5. The first-order chi connectivity index (χ1) is 14.1. The summed E-state index contributed by atoms with van der Waals surface area (Å²) in [4.78, 5) is 25.1. The summed E-state index contributed by atoms with van der Waals surface area (Å²) in [6.45, 7) is 0.159. The Morgan fingerprint density at radius 2 is 1.86 bits per heavy atom. The molecule has 9 nitrogen and oxygen atoms in total. The minimum atomic E-state index is -0.573. The Labute approximate surface area is 164 Å². The van der Waals surface area contributed by atoms with Crippen molar-refractivity contribution in [1.29, 1.82) is 0 Å². The van der Waals surface area contributed by atoms with E-state index >= 15 is 0 Å². The molecule has 0 fully saturated rings. The van der Waals surface area contributed by atoms with Crippen LogP contribution in [-0.4, -0.2) is 17.9 Å². The van der Waals surface area contributed by atoms with Crippen LogP contribution in [0, 0.1) is 15.0 Å². The van der Waals surface area contributed by atoms with Crippen LogP contribution in [0.5, 0.6) is 11.5 Å². The summed E-state index contributed by atoms with van der Waals surface area (Å²) >= 11 is 0. The number of anilines is 2. The van der Waals surface area contributed by atoms with Crippen molar-refractivity contribution in [3.8, 4) is 11.5 Å². The van der Waals surface area contributed by atoms with Gasteiger partial charge in [-0.25, -0.2) is 4.99 Å². The minimum absolute atomic E-state index is 0.0609. The Morgan fingerprint density at radius 1 is 1.07 bits per heavy atom. The first kappa shape index (κ1) is 18.1. The van der Waals surface area contributed by atoms with Gasteiger partial charge in [0.2, 0.25) is 6.79 Å². The molecule has 4 rings (SSSR count). The molecule has 3 aromatic rings. The Morgan fingerprint density at radius 3 is 2.62 bits per heavy atom. The van der Waals surface area contributed by atoms with Crippen LogP contribution in [0.15, 0.2) is 65.8 Å². The van der Waals surface area contributed by atoms with Crippen molar-refractivity contribution in [3.05, 3.63) is 81.2 Å². The van der Waals surface area contributed by atoms with Crippen molar-refractivity contribution >= 4 is 34.7 Å². The first-order valence-electron chi connectivity index (χ1n) is 8.61. The fourth-order valence-corrected chi connectivity index (χ4v) is 2.86. The Bertz CT molecular complexity index is 1120. The van der Waals surface area contributed by atoms with Gasteiger partial charge in [-0.15, -0.1) is 4.91 Å². The Hall–Kier alpha value is -4.27. The zero-order valence-corrected chi connectivity index (χ0v) is 15.0. The summed E-state index contributed by atoms with van der Waals surface area (Å²) < 4.78 is 10.6. The van der Waals surface area contributed by atoms with E-state index in [9.17, 15) is 15.0 Å². The van der Waals surface area contributed by atoms with Crippen LogP contribution in [-0.2, 0) is 0 Å². The van der Waals surface area contributed by atoms with Crippen molar-refractivity contribution in [2.75, 3.05) is 12.1 Å². The van der Waals surface area contributed by atoms with Crippen molar-refractivity contribution in [2.24, 2.45) is 5.18 Å². The molecule has 1 heterocycles. The summed E-state index contributed by atoms with van der Waals surface area (Å²) in [7, 11) is 0. The van der Waals surface area contributed by atoms with E-state index in [-0.39, 0.29) is 23.9 Å². The van der Waals surface area contributed by atoms with Crippen molar-refractivity contribution < 1.29 is 19.4 Å². The molecule has 0 atom stereocenters. The third-order valence-corrected chi connectivity index (χ3v) is 4.25. The van der Waals surface area contributed by atoms with Crippen LogP contribution in [0.1, 0.15) is 5.56 Å². The summed E-state index contributed by atoms with van der Waals surface area (Å²) in [5.74, 6) is 1.24. The number of nitrogens with one attached hydrogen (secondary N) is 2. The van der Waals surface area contributed by atoms with Crippen LogP contribution in [0.2, 0.25) is 0 Å². The predicted octanol–water partition coefficient (Wildman–Crippen LogP) is 3.30. The van der Waals surface area contributed by atoms with Gasteiger partial charge in [0, 0.05) is 17.3 Å². The number of benzene rings is 3. The highest BCUT2D eigenvalue weighted by Crippen LogP contribution is 2.36. The molecule has 0 unspecified atom stereocenters. The Balaban J connectivity index is 1.71. The van der Waals surface area contributed by atoms with Gasteiger partial charge in [0.15, 0.2) is 17.7 Å². The molecule has 1 aliphatic rings. The molecule has 0 spiro atoms. The smallest absolute Gasteiger partial charge is 0.342 e. The van der Waals surface area contributed by atoms with Crippen molar-refractivity contribution in [2.45, 2.75) is 0 Å². The maximum absolute atomic E-state index is 11.5. The van der Waals surface area contributed by atoms with Crippen LogP contribution in [0.3, 0.4) is 0 Å². The molecule has 0 bridgehead atoms. The van der Waals surface area contributed by atoms with Gasteiger partial charge in [0.05, 0.1) is 16.7 Å². The molecule has 3 aromatic carbocycles. The zero-order chi connectivity index (χ0) is 20.2. The third kappa shape index (κ3) is 3.88. The lowest BCUT2D eigenvalue weighted by molar-refractivity contribution is -0.409. The summed E-state index contributed by atoms with van der Waals surface area (Å²) in [6, 6.07) is 17.0. The van der Waals surface area contributed by atoms with Gasteiger partial charge in [-0.2, -0.15) is 0 Å². The van der Waals surface area contributed by atoms with Gasteiger partial charge in [-0.3, -0.25) is 10.1 Å². The van der Waals surface area contributed by atoms with E-state index in [1.165, 1.54) is 6.07 Å². The summed E-state index contributed by atoms with van der Waals surface area (Å²) in [5.41, 5.74) is 1.68. The number of hydrogen-bond acceptors (Lipinski definition) is 7. The lowest BCUT2D eigenvalue weighted by Crippen LogP contribution is -2.61. The molecule has 144 valence electrons. The first-order valence-corrected chi connectivity index (χ1v) is 8.61. The second-order valence-electron chi connectivity index (χ2n) is 6.13. The number of nitroso groups, excluding NO2 is 1. The second-order valence-corrected chi connectivity index (χ2v) is 6.13. The molecule has 0 saturated heterocycles. The van der Waals surface area contributed by atoms with Crippen molar-refractivity contribution in [3.63, 3.8) is 0 Å². The van der Waals surface area contributed by atoms with Gasteiger partial charge < -0.3 is 14.8 Å². The normalized spacial score (nSPS) is 12.1. The van der Waals surface area contributed by atoms with Crippen molar-refractivity contribution in [1.82, 2.24) is 0 Å². The molecule has 29 heavy (non-hydrogen) atoms. The number of para-hydroxylation sites is 1.